The van der Waals surface area contributed by atoms with Crippen LogP contribution in [0.3, 0.4) is 0 Å². The summed E-state index contributed by atoms with van der Waals surface area (Å²) in [6.45, 7) is 0. The van der Waals surface area contributed by atoms with Gasteiger partial charge in [-0.3, -0.25) is 4.98 Å². The van der Waals surface area contributed by atoms with E-state index in [0.29, 0.717) is 11.1 Å². The molecule has 2 aromatic heterocycles. The molecule has 3 aromatic carbocycles. The minimum atomic E-state index is -0.313. The van der Waals surface area contributed by atoms with Crippen molar-refractivity contribution < 1.29 is 4.42 Å². The molecule has 0 saturated heterocycles. The molecule has 1 N–H and O–H groups in total. The molecule has 0 saturated carbocycles. The van der Waals surface area contributed by atoms with Crippen LogP contribution in [-0.4, -0.2) is 4.98 Å². The molecule has 6 rings (SSSR count). The van der Waals surface area contributed by atoms with Crippen LogP contribution >= 0.6 is 0 Å². The maximum atomic E-state index is 13.2. The molecule has 3 heterocycles. The van der Waals surface area contributed by atoms with Gasteiger partial charge >= 0.3 is 5.63 Å². The molecular weight excluding hydrogens is 360 g/mol. The summed E-state index contributed by atoms with van der Waals surface area (Å²) in [5.41, 5.74) is 4.84. The minimum Gasteiger partial charge on any atom is -0.422 e. The van der Waals surface area contributed by atoms with E-state index in [2.05, 4.69) is 34.6 Å². The lowest BCUT2D eigenvalue weighted by Crippen LogP contribution is -2.22. The van der Waals surface area contributed by atoms with Crippen molar-refractivity contribution in [3.05, 3.63) is 112 Å². The maximum absolute atomic E-state index is 13.2. The number of anilines is 2. The lowest BCUT2D eigenvalue weighted by atomic mass is 9.79. The van der Waals surface area contributed by atoms with Gasteiger partial charge in [-0.25, -0.2) is 4.79 Å². The molecule has 138 valence electrons. The molecule has 0 spiro atoms. The number of fused-ring (bicyclic) bond motifs is 6. The smallest absolute Gasteiger partial charge is 0.342 e. The minimum absolute atomic E-state index is 0.240. The van der Waals surface area contributed by atoms with Gasteiger partial charge in [0.25, 0.3) is 0 Å². The Bertz CT molecular complexity index is 1450. The molecule has 29 heavy (non-hydrogen) atoms. The predicted molar refractivity (Wildman–Crippen MR) is 115 cm³/mol. The summed E-state index contributed by atoms with van der Waals surface area (Å²) in [6.07, 6.45) is 3.54. The molecule has 5 aromatic rings. The van der Waals surface area contributed by atoms with Gasteiger partial charge in [0.1, 0.15) is 5.58 Å². The lowest BCUT2D eigenvalue weighted by Gasteiger charge is -2.30. The van der Waals surface area contributed by atoms with Crippen molar-refractivity contribution in [2.45, 2.75) is 5.92 Å². The van der Waals surface area contributed by atoms with Gasteiger partial charge in [-0.15, -0.1) is 0 Å². The summed E-state index contributed by atoms with van der Waals surface area (Å²) in [5.74, 6) is -0.240. The predicted octanol–water partition coefficient (Wildman–Crippen LogP) is 5.58. The number of benzene rings is 3. The van der Waals surface area contributed by atoms with Crippen molar-refractivity contribution in [3.8, 4) is 0 Å². The molecule has 4 nitrogen and oxygen atoms in total. The van der Waals surface area contributed by atoms with E-state index in [0.717, 1.165) is 38.7 Å². The highest BCUT2D eigenvalue weighted by molar-refractivity contribution is 6.00. The maximum Gasteiger partial charge on any atom is 0.342 e. The van der Waals surface area contributed by atoms with Crippen LogP contribution < -0.4 is 10.9 Å². The lowest BCUT2D eigenvalue weighted by molar-refractivity contribution is 0.549. The fourth-order valence-corrected chi connectivity index (χ4v) is 4.44. The monoisotopic (exact) mass is 376 g/mol. The average molecular weight is 376 g/mol. The van der Waals surface area contributed by atoms with Crippen molar-refractivity contribution in [3.63, 3.8) is 0 Å². The Hall–Kier alpha value is -3.92. The molecule has 0 aliphatic carbocycles. The van der Waals surface area contributed by atoms with E-state index in [9.17, 15) is 4.79 Å². The van der Waals surface area contributed by atoms with Crippen molar-refractivity contribution in [2.75, 3.05) is 5.32 Å². The Kier molecular flexibility index (Phi) is 3.35. The van der Waals surface area contributed by atoms with Gasteiger partial charge in [-0.2, -0.15) is 0 Å². The van der Waals surface area contributed by atoms with Gasteiger partial charge in [-0.05, 0) is 52.2 Å². The summed E-state index contributed by atoms with van der Waals surface area (Å²) in [4.78, 5) is 17.4. The first-order valence-electron chi connectivity index (χ1n) is 9.55. The standard InChI is InChI=1S/C25H16N2O2/c28-25-23-21(16-11-13-26-14-12-16)22-17-6-2-1-5-15(17)9-10-19(22)27-24(23)18-7-3-4-8-20(18)29-25/h1-14,21,27H. The highest BCUT2D eigenvalue weighted by atomic mass is 16.4. The number of hydrogen-bond acceptors (Lipinski definition) is 4. The number of nitrogens with zero attached hydrogens (tertiary/aromatic N) is 1. The third kappa shape index (κ3) is 2.32. The summed E-state index contributed by atoms with van der Waals surface area (Å²) >= 11 is 0. The number of hydrogen-bond donors (Lipinski definition) is 1. The van der Waals surface area contributed by atoms with Crippen LogP contribution in [0.25, 0.3) is 21.7 Å². The molecule has 1 atom stereocenters. The number of pyridine rings is 1. The molecule has 0 amide bonds. The fourth-order valence-electron chi connectivity index (χ4n) is 4.44. The summed E-state index contributed by atoms with van der Waals surface area (Å²) in [7, 11) is 0. The Balaban J connectivity index is 1.78. The highest BCUT2D eigenvalue weighted by Gasteiger charge is 2.33. The van der Waals surface area contributed by atoms with Gasteiger partial charge < -0.3 is 9.73 Å². The first-order valence-corrected chi connectivity index (χ1v) is 9.55. The van der Waals surface area contributed by atoms with Crippen LogP contribution in [0.15, 0.2) is 94.4 Å². The average Bonchev–Trinajstić information content (AvgIpc) is 2.78. The van der Waals surface area contributed by atoms with Crippen molar-refractivity contribution in [1.29, 1.82) is 0 Å². The number of para-hydroxylation sites is 1. The molecule has 1 aliphatic heterocycles. The van der Waals surface area contributed by atoms with Crippen LogP contribution in [0, 0.1) is 0 Å². The second-order valence-corrected chi connectivity index (χ2v) is 7.26. The van der Waals surface area contributed by atoms with Crippen LogP contribution in [0.1, 0.15) is 22.6 Å². The topological polar surface area (TPSA) is 55.1 Å². The number of aromatic nitrogens is 1. The summed E-state index contributed by atoms with van der Waals surface area (Å²) in [5, 5.41) is 6.71. The van der Waals surface area contributed by atoms with E-state index < -0.39 is 0 Å². The summed E-state index contributed by atoms with van der Waals surface area (Å²) in [6, 6.07) is 24.1. The van der Waals surface area contributed by atoms with Gasteiger partial charge in [0, 0.05) is 29.4 Å². The largest absolute Gasteiger partial charge is 0.422 e. The Labute approximate surface area is 166 Å². The van der Waals surface area contributed by atoms with Crippen LogP contribution in [0.5, 0.6) is 0 Å². The Morgan fingerprint density at radius 2 is 1.55 bits per heavy atom. The highest BCUT2D eigenvalue weighted by Crippen LogP contribution is 2.48. The second-order valence-electron chi connectivity index (χ2n) is 7.26. The first kappa shape index (κ1) is 16.1. The first-order chi connectivity index (χ1) is 14.3. The third-order valence-electron chi connectivity index (χ3n) is 5.70. The summed E-state index contributed by atoms with van der Waals surface area (Å²) < 4.78 is 5.73. The van der Waals surface area contributed by atoms with Crippen LogP contribution in [-0.2, 0) is 0 Å². The van der Waals surface area contributed by atoms with Crippen molar-refractivity contribution in [2.24, 2.45) is 0 Å². The third-order valence-corrected chi connectivity index (χ3v) is 5.70. The van der Waals surface area contributed by atoms with E-state index in [4.69, 9.17) is 4.42 Å². The molecule has 1 aliphatic rings. The molecule has 0 fully saturated rings. The van der Waals surface area contributed by atoms with Gasteiger partial charge in [0.2, 0.25) is 0 Å². The van der Waals surface area contributed by atoms with E-state index in [1.165, 1.54) is 0 Å². The zero-order valence-electron chi connectivity index (χ0n) is 15.4. The zero-order chi connectivity index (χ0) is 19.4. The molecule has 0 bridgehead atoms. The molecule has 4 heteroatoms. The number of nitrogens with one attached hydrogen (secondary N) is 1. The van der Waals surface area contributed by atoms with Crippen LogP contribution in [0.4, 0.5) is 11.4 Å². The molecular formula is C25H16N2O2. The van der Waals surface area contributed by atoms with Crippen molar-refractivity contribution >= 4 is 33.1 Å². The second kappa shape index (κ2) is 6.04. The van der Waals surface area contributed by atoms with Gasteiger partial charge in [-0.1, -0.05) is 42.5 Å². The van der Waals surface area contributed by atoms with E-state index in [1.807, 2.05) is 48.5 Å². The number of rotatable bonds is 1. The van der Waals surface area contributed by atoms with Crippen LogP contribution in [0.2, 0.25) is 0 Å². The van der Waals surface area contributed by atoms with E-state index in [1.54, 1.807) is 12.4 Å². The Morgan fingerprint density at radius 1 is 0.793 bits per heavy atom. The molecule has 0 radical (unpaired) electrons. The zero-order valence-corrected chi connectivity index (χ0v) is 15.4. The fraction of sp³-hybridized carbons (Fsp3) is 0.0400. The van der Waals surface area contributed by atoms with E-state index >= 15 is 0 Å². The normalized spacial score (nSPS) is 15.0. The quantitative estimate of drug-likeness (QED) is 0.381. The molecule has 1 unspecified atom stereocenters. The van der Waals surface area contributed by atoms with Gasteiger partial charge in [0.05, 0.1) is 11.3 Å². The van der Waals surface area contributed by atoms with E-state index in [-0.39, 0.29) is 11.5 Å². The Morgan fingerprint density at radius 3 is 2.41 bits per heavy atom. The SMILES string of the molecule is O=c1oc2ccccc2c2c1C(c1ccncc1)c1c(ccc3ccccc13)N2. The van der Waals surface area contributed by atoms with Gasteiger partial charge in [0.15, 0.2) is 0 Å². The van der Waals surface area contributed by atoms with Crippen molar-refractivity contribution in [1.82, 2.24) is 4.98 Å².